The maximum absolute atomic E-state index is 11.2. The molecule has 0 aliphatic rings. The number of aromatic hydroxyl groups is 2. The number of ether oxygens (including phenoxy) is 2. The summed E-state index contributed by atoms with van der Waals surface area (Å²) in [5.74, 6) is -1.00. The summed E-state index contributed by atoms with van der Waals surface area (Å²) in [5.41, 5.74) is 0.411. The van der Waals surface area contributed by atoms with Crippen LogP contribution in [0.25, 0.3) is 0 Å². The topological polar surface area (TPSA) is 125 Å². The molecule has 8 nitrogen and oxygen atoms in total. The first-order valence-electron chi connectivity index (χ1n) is 8.42. The number of carbonyl (C=O) groups is 2. The van der Waals surface area contributed by atoms with E-state index in [2.05, 4.69) is 18.5 Å². The third-order valence-electron chi connectivity index (χ3n) is 3.37. The van der Waals surface area contributed by atoms with E-state index in [0.29, 0.717) is 17.9 Å². The molecule has 0 atom stereocenters. The Labute approximate surface area is 168 Å². The summed E-state index contributed by atoms with van der Waals surface area (Å²) >= 11 is 0. The highest BCUT2D eigenvalue weighted by Gasteiger charge is 2.08. The highest BCUT2D eigenvalue weighted by Crippen LogP contribution is 2.27. The molecule has 4 N–H and O–H groups in total. The standard InChI is InChI=1S/C11H13NO3.C10H10O4/c1-3-6-15-10-5-4-8(7-9(10)13)11(14)12-2;1-2-5-14-9-4-3-7(10(12)13)6-8(9)11/h3-5,7,13H,1,6H2,2H3,(H,12,14);2-4,6,11H,1,5H2,(H,12,13). The zero-order valence-electron chi connectivity index (χ0n) is 15.9. The largest absolute Gasteiger partial charge is 0.504 e. The van der Waals surface area contributed by atoms with Gasteiger partial charge in [0.2, 0.25) is 0 Å². The fourth-order valence-corrected chi connectivity index (χ4v) is 1.99. The van der Waals surface area contributed by atoms with E-state index in [-0.39, 0.29) is 35.3 Å². The molecule has 0 spiro atoms. The Bertz CT molecular complexity index is 877. The summed E-state index contributed by atoms with van der Waals surface area (Å²) in [6.07, 6.45) is 3.11. The van der Waals surface area contributed by atoms with E-state index in [1.807, 2.05) is 0 Å². The number of aromatic carboxylic acids is 1. The molecule has 0 aromatic heterocycles. The molecule has 0 saturated heterocycles. The quantitative estimate of drug-likeness (QED) is 0.501. The van der Waals surface area contributed by atoms with Crippen molar-refractivity contribution in [3.63, 3.8) is 0 Å². The lowest BCUT2D eigenvalue weighted by Crippen LogP contribution is -2.17. The van der Waals surface area contributed by atoms with Crippen LogP contribution in [0.1, 0.15) is 20.7 Å². The van der Waals surface area contributed by atoms with Crippen LogP contribution in [0.15, 0.2) is 61.7 Å². The molecule has 0 saturated carbocycles. The summed E-state index contributed by atoms with van der Waals surface area (Å²) < 4.78 is 10.2. The molecule has 0 fully saturated rings. The number of nitrogens with one attached hydrogen (secondary N) is 1. The summed E-state index contributed by atoms with van der Waals surface area (Å²) in [6.45, 7) is 7.52. The molecule has 8 heteroatoms. The normalized spacial score (nSPS) is 9.41. The monoisotopic (exact) mass is 401 g/mol. The summed E-state index contributed by atoms with van der Waals surface area (Å²) in [5, 5.41) is 29.9. The van der Waals surface area contributed by atoms with Crippen molar-refractivity contribution < 1.29 is 34.4 Å². The molecule has 1 amide bonds. The molecule has 29 heavy (non-hydrogen) atoms. The zero-order valence-corrected chi connectivity index (χ0v) is 15.9. The highest BCUT2D eigenvalue weighted by atomic mass is 16.5. The number of carboxylic acids is 1. The molecule has 2 rings (SSSR count). The van der Waals surface area contributed by atoms with Gasteiger partial charge in [0, 0.05) is 12.6 Å². The van der Waals surface area contributed by atoms with Gasteiger partial charge in [-0.2, -0.15) is 0 Å². The van der Waals surface area contributed by atoms with Crippen LogP contribution in [0.4, 0.5) is 0 Å². The molecule has 154 valence electrons. The van der Waals surface area contributed by atoms with Crippen molar-refractivity contribution >= 4 is 11.9 Å². The molecular formula is C21H23NO7. The molecule has 0 aliphatic heterocycles. The van der Waals surface area contributed by atoms with Crippen molar-refractivity contribution in [2.75, 3.05) is 20.3 Å². The van der Waals surface area contributed by atoms with Gasteiger partial charge in [-0.25, -0.2) is 4.79 Å². The lowest BCUT2D eigenvalue weighted by molar-refractivity contribution is 0.0696. The van der Waals surface area contributed by atoms with Gasteiger partial charge in [0.15, 0.2) is 23.0 Å². The van der Waals surface area contributed by atoms with Gasteiger partial charge in [-0.3, -0.25) is 4.79 Å². The Morgan fingerprint density at radius 2 is 1.38 bits per heavy atom. The Hall–Kier alpha value is -3.94. The first-order chi connectivity index (χ1) is 13.8. The van der Waals surface area contributed by atoms with Gasteiger partial charge in [0.25, 0.3) is 5.91 Å². The van der Waals surface area contributed by atoms with Crippen molar-refractivity contribution in [2.45, 2.75) is 0 Å². The first-order valence-corrected chi connectivity index (χ1v) is 8.42. The Morgan fingerprint density at radius 3 is 1.76 bits per heavy atom. The first kappa shape index (κ1) is 23.1. The van der Waals surface area contributed by atoms with Crippen LogP contribution >= 0.6 is 0 Å². The van der Waals surface area contributed by atoms with E-state index >= 15 is 0 Å². The second-order valence-electron chi connectivity index (χ2n) is 5.45. The van der Waals surface area contributed by atoms with Gasteiger partial charge < -0.3 is 30.1 Å². The van der Waals surface area contributed by atoms with E-state index < -0.39 is 5.97 Å². The third-order valence-corrected chi connectivity index (χ3v) is 3.37. The number of hydrogen-bond donors (Lipinski definition) is 4. The maximum atomic E-state index is 11.2. The maximum Gasteiger partial charge on any atom is 0.335 e. The van der Waals surface area contributed by atoms with E-state index in [1.54, 1.807) is 18.2 Å². The number of carboxylic acid groups (broad SMARTS) is 1. The predicted octanol–water partition coefficient (Wildman–Crippen LogP) is 2.97. The van der Waals surface area contributed by atoms with E-state index in [1.165, 1.54) is 31.3 Å². The second kappa shape index (κ2) is 11.7. The minimum absolute atomic E-state index is 0.0217. The number of rotatable bonds is 8. The second-order valence-corrected chi connectivity index (χ2v) is 5.45. The molecule has 0 aliphatic carbocycles. The van der Waals surface area contributed by atoms with Gasteiger partial charge in [0.05, 0.1) is 5.56 Å². The van der Waals surface area contributed by atoms with Gasteiger partial charge in [-0.1, -0.05) is 25.3 Å². The van der Waals surface area contributed by atoms with Crippen molar-refractivity contribution in [1.82, 2.24) is 5.32 Å². The van der Waals surface area contributed by atoms with Crippen LogP contribution < -0.4 is 14.8 Å². The Morgan fingerprint density at radius 1 is 0.931 bits per heavy atom. The molecule has 0 heterocycles. The molecule has 0 radical (unpaired) electrons. The predicted molar refractivity (Wildman–Crippen MR) is 108 cm³/mol. The van der Waals surface area contributed by atoms with Gasteiger partial charge in [-0.15, -0.1) is 0 Å². The van der Waals surface area contributed by atoms with E-state index in [0.717, 1.165) is 6.07 Å². The number of hydrogen-bond acceptors (Lipinski definition) is 6. The fourth-order valence-electron chi connectivity index (χ4n) is 1.99. The minimum atomic E-state index is -1.09. The van der Waals surface area contributed by atoms with Gasteiger partial charge in [0.1, 0.15) is 13.2 Å². The molecule has 2 aromatic carbocycles. The zero-order chi connectivity index (χ0) is 21.8. The van der Waals surface area contributed by atoms with Crippen LogP contribution in [-0.2, 0) is 0 Å². The number of amides is 1. The SMILES string of the molecule is C=CCOc1ccc(C(=O)NC)cc1O.C=CCOc1ccc(C(=O)O)cc1O. The van der Waals surface area contributed by atoms with Crippen LogP contribution in [0.2, 0.25) is 0 Å². The average molecular weight is 401 g/mol. The summed E-state index contributed by atoms with van der Waals surface area (Å²) in [4.78, 5) is 21.7. The van der Waals surface area contributed by atoms with E-state index in [9.17, 15) is 19.8 Å². The van der Waals surface area contributed by atoms with Crippen LogP contribution in [0.5, 0.6) is 23.0 Å². The van der Waals surface area contributed by atoms with Crippen LogP contribution in [0.3, 0.4) is 0 Å². The average Bonchev–Trinajstić information content (AvgIpc) is 2.71. The third kappa shape index (κ3) is 7.30. The van der Waals surface area contributed by atoms with Crippen molar-refractivity contribution in [3.05, 3.63) is 72.8 Å². The van der Waals surface area contributed by atoms with Crippen LogP contribution in [0, 0.1) is 0 Å². The molecule has 2 aromatic rings. The number of benzene rings is 2. The van der Waals surface area contributed by atoms with Crippen LogP contribution in [-0.4, -0.2) is 47.5 Å². The van der Waals surface area contributed by atoms with Crippen molar-refractivity contribution in [1.29, 1.82) is 0 Å². The Kier molecular flexibility index (Phi) is 9.32. The van der Waals surface area contributed by atoms with Gasteiger partial charge in [-0.05, 0) is 36.4 Å². The van der Waals surface area contributed by atoms with Crippen molar-refractivity contribution in [3.8, 4) is 23.0 Å². The minimum Gasteiger partial charge on any atom is -0.504 e. The lowest BCUT2D eigenvalue weighted by atomic mass is 10.2. The number of phenols is 2. The highest BCUT2D eigenvalue weighted by molar-refractivity contribution is 5.94. The molecule has 0 unspecified atom stereocenters. The molecule has 0 bridgehead atoms. The summed E-state index contributed by atoms with van der Waals surface area (Å²) in [6, 6.07) is 8.39. The van der Waals surface area contributed by atoms with E-state index in [4.69, 9.17) is 14.6 Å². The lowest BCUT2D eigenvalue weighted by Gasteiger charge is -2.07. The number of carbonyl (C=O) groups excluding carboxylic acids is 1. The Balaban J connectivity index is 0.000000291. The molecular weight excluding hydrogens is 378 g/mol. The van der Waals surface area contributed by atoms with Crippen molar-refractivity contribution in [2.24, 2.45) is 0 Å². The smallest absolute Gasteiger partial charge is 0.335 e. The number of phenolic OH excluding ortho intramolecular Hbond substituents is 2. The summed E-state index contributed by atoms with van der Waals surface area (Å²) in [7, 11) is 1.53. The van der Waals surface area contributed by atoms with Gasteiger partial charge >= 0.3 is 5.97 Å². The fraction of sp³-hybridized carbons (Fsp3) is 0.143.